The molecule has 0 amide bonds. The van der Waals surface area contributed by atoms with E-state index >= 15 is 0 Å². The molecule has 0 saturated heterocycles. The summed E-state index contributed by atoms with van der Waals surface area (Å²) >= 11 is 1.08. The minimum absolute atomic E-state index is 0.0462. The molecule has 0 saturated carbocycles. The third kappa shape index (κ3) is 4.91. The lowest BCUT2D eigenvalue weighted by Gasteiger charge is -2.20. The van der Waals surface area contributed by atoms with Crippen molar-refractivity contribution in [2.45, 2.75) is 32.1 Å². The van der Waals surface area contributed by atoms with E-state index in [0.717, 1.165) is 11.8 Å². The van der Waals surface area contributed by atoms with E-state index in [1.807, 2.05) is 0 Å². The van der Waals surface area contributed by atoms with Gasteiger partial charge in [0, 0.05) is 19.2 Å². The summed E-state index contributed by atoms with van der Waals surface area (Å²) in [5, 5.41) is 19.8. The highest BCUT2D eigenvalue weighted by molar-refractivity contribution is 8.13. The molecule has 2 unspecified atom stereocenters. The highest BCUT2D eigenvalue weighted by atomic mass is 32.2. The van der Waals surface area contributed by atoms with Crippen LogP contribution in [0.4, 0.5) is 4.39 Å². The van der Waals surface area contributed by atoms with Gasteiger partial charge in [0.05, 0.1) is 6.10 Å². The van der Waals surface area contributed by atoms with Gasteiger partial charge in [-0.05, 0) is 29.7 Å². The summed E-state index contributed by atoms with van der Waals surface area (Å²) in [6.07, 6.45) is -2.02. The predicted molar refractivity (Wildman–Crippen MR) is 73.0 cm³/mol. The molecule has 4 nitrogen and oxygen atoms in total. The molecule has 1 rings (SSSR count). The van der Waals surface area contributed by atoms with Crippen molar-refractivity contribution in [1.29, 1.82) is 0 Å². The second kappa shape index (κ2) is 7.59. The van der Waals surface area contributed by atoms with Crippen LogP contribution in [0, 0.1) is 5.82 Å². The van der Waals surface area contributed by atoms with Crippen molar-refractivity contribution in [1.82, 2.24) is 0 Å². The summed E-state index contributed by atoms with van der Waals surface area (Å²) < 4.78 is 13.2. The quantitative estimate of drug-likeness (QED) is 0.735. The molecule has 0 heterocycles. The molecule has 4 N–H and O–H groups in total. The van der Waals surface area contributed by atoms with E-state index in [1.165, 1.54) is 25.1 Å². The van der Waals surface area contributed by atoms with E-state index in [9.17, 15) is 19.4 Å². The van der Waals surface area contributed by atoms with Gasteiger partial charge in [0.15, 0.2) is 5.12 Å². The number of benzene rings is 1. The van der Waals surface area contributed by atoms with Crippen LogP contribution in [0.15, 0.2) is 18.2 Å². The molecule has 106 valence electrons. The third-order valence-electron chi connectivity index (χ3n) is 2.73. The van der Waals surface area contributed by atoms with Crippen molar-refractivity contribution < 1.29 is 19.4 Å². The van der Waals surface area contributed by atoms with Gasteiger partial charge in [-0.25, -0.2) is 4.39 Å². The van der Waals surface area contributed by atoms with Crippen LogP contribution in [-0.4, -0.2) is 27.2 Å². The Balaban J connectivity index is 2.72. The zero-order chi connectivity index (χ0) is 14.4. The van der Waals surface area contributed by atoms with Crippen molar-refractivity contribution in [3.8, 4) is 0 Å². The summed E-state index contributed by atoms with van der Waals surface area (Å²) in [4.78, 5) is 10.8. The average Bonchev–Trinajstić information content (AvgIpc) is 2.37. The molecule has 6 heteroatoms. The van der Waals surface area contributed by atoms with Crippen LogP contribution in [0.25, 0.3) is 0 Å². The number of nitrogens with two attached hydrogens (primary N) is 1. The second-order valence-electron chi connectivity index (χ2n) is 4.19. The molecular formula is C13H18FNO3S. The molecule has 0 aromatic heterocycles. The maximum Gasteiger partial charge on any atom is 0.185 e. The minimum Gasteiger partial charge on any atom is -0.390 e. The van der Waals surface area contributed by atoms with Crippen molar-refractivity contribution >= 4 is 16.9 Å². The molecule has 0 radical (unpaired) electrons. The second-order valence-corrected chi connectivity index (χ2v) is 5.46. The van der Waals surface area contributed by atoms with Gasteiger partial charge in [-0.15, -0.1) is 0 Å². The van der Waals surface area contributed by atoms with E-state index < -0.39 is 18.0 Å². The largest absolute Gasteiger partial charge is 0.390 e. The maximum absolute atomic E-state index is 13.2. The Bertz CT molecular complexity index is 442. The van der Waals surface area contributed by atoms with Gasteiger partial charge in [-0.1, -0.05) is 17.8 Å². The summed E-state index contributed by atoms with van der Waals surface area (Å²) in [5.74, 6) is -0.0857. The molecule has 0 fully saturated rings. The summed E-state index contributed by atoms with van der Waals surface area (Å²) in [6.45, 7) is 1.59. The molecule has 0 bridgehead atoms. The van der Waals surface area contributed by atoms with E-state index in [4.69, 9.17) is 5.73 Å². The van der Waals surface area contributed by atoms with Gasteiger partial charge in [0.1, 0.15) is 11.9 Å². The lowest BCUT2D eigenvalue weighted by molar-refractivity contribution is -0.109. The molecule has 1 aromatic rings. The summed E-state index contributed by atoms with van der Waals surface area (Å²) in [7, 11) is 0. The number of hydrogen-bond donors (Lipinski definition) is 3. The molecule has 19 heavy (non-hydrogen) atoms. The van der Waals surface area contributed by atoms with E-state index in [-0.39, 0.29) is 18.1 Å². The monoisotopic (exact) mass is 287 g/mol. The number of aliphatic hydroxyl groups is 2. The molecule has 1 aromatic carbocycles. The first-order valence-electron chi connectivity index (χ1n) is 5.93. The summed E-state index contributed by atoms with van der Waals surface area (Å²) in [5.41, 5.74) is 6.40. The zero-order valence-corrected chi connectivity index (χ0v) is 11.5. The van der Waals surface area contributed by atoms with Crippen LogP contribution >= 0.6 is 11.8 Å². The van der Waals surface area contributed by atoms with Gasteiger partial charge in [0.2, 0.25) is 0 Å². The SMILES string of the molecule is CC(=O)SCCC(O)C(O)c1cc(F)ccc1CN. The summed E-state index contributed by atoms with van der Waals surface area (Å²) in [6, 6.07) is 3.93. The van der Waals surface area contributed by atoms with Gasteiger partial charge < -0.3 is 15.9 Å². The number of carbonyl (C=O) groups is 1. The van der Waals surface area contributed by atoms with Gasteiger partial charge in [-0.3, -0.25) is 4.79 Å². The number of aliphatic hydroxyl groups excluding tert-OH is 2. The fourth-order valence-corrected chi connectivity index (χ4v) is 2.36. The van der Waals surface area contributed by atoms with Crippen LogP contribution in [0.2, 0.25) is 0 Å². The van der Waals surface area contributed by atoms with E-state index in [1.54, 1.807) is 0 Å². The van der Waals surface area contributed by atoms with Crippen LogP contribution in [-0.2, 0) is 11.3 Å². The molecule has 0 spiro atoms. The lowest BCUT2D eigenvalue weighted by atomic mass is 9.97. The third-order valence-corrected chi connectivity index (χ3v) is 3.58. The van der Waals surface area contributed by atoms with Crippen LogP contribution in [0.5, 0.6) is 0 Å². The fraction of sp³-hybridized carbons (Fsp3) is 0.462. The Morgan fingerprint density at radius 2 is 2.16 bits per heavy atom. The van der Waals surface area contributed by atoms with Crippen LogP contribution < -0.4 is 5.73 Å². The van der Waals surface area contributed by atoms with Crippen molar-refractivity contribution in [3.05, 3.63) is 35.1 Å². The Morgan fingerprint density at radius 1 is 1.47 bits per heavy atom. The lowest BCUT2D eigenvalue weighted by Crippen LogP contribution is -2.21. The molecule has 0 aliphatic carbocycles. The molecular weight excluding hydrogens is 269 g/mol. The predicted octanol–water partition coefficient (Wildman–Crippen LogP) is 1.35. The van der Waals surface area contributed by atoms with E-state index in [2.05, 4.69) is 0 Å². The number of hydrogen-bond acceptors (Lipinski definition) is 5. The molecule has 0 aliphatic rings. The fourth-order valence-electron chi connectivity index (χ4n) is 1.72. The van der Waals surface area contributed by atoms with Gasteiger partial charge >= 0.3 is 0 Å². The first-order valence-corrected chi connectivity index (χ1v) is 6.92. The Hall–Kier alpha value is -0.950. The minimum atomic E-state index is -1.21. The highest BCUT2D eigenvalue weighted by Crippen LogP contribution is 2.24. The average molecular weight is 287 g/mol. The first kappa shape index (κ1) is 16.1. The van der Waals surface area contributed by atoms with Gasteiger partial charge in [-0.2, -0.15) is 0 Å². The normalized spacial score (nSPS) is 14.2. The first-order chi connectivity index (χ1) is 8.95. The van der Waals surface area contributed by atoms with Crippen molar-refractivity contribution in [2.75, 3.05) is 5.75 Å². The Labute approximate surface area is 115 Å². The maximum atomic E-state index is 13.2. The zero-order valence-electron chi connectivity index (χ0n) is 10.7. The van der Waals surface area contributed by atoms with Gasteiger partial charge in [0.25, 0.3) is 0 Å². The van der Waals surface area contributed by atoms with Crippen molar-refractivity contribution in [3.63, 3.8) is 0 Å². The number of carbonyl (C=O) groups excluding carboxylic acids is 1. The standard InChI is InChI=1S/C13H18FNO3S/c1-8(16)19-5-4-12(17)13(18)11-6-10(14)3-2-9(11)7-15/h2-3,6,12-13,17-18H,4-5,7,15H2,1H3. The topological polar surface area (TPSA) is 83.5 Å². The number of thioether (sulfide) groups is 1. The highest BCUT2D eigenvalue weighted by Gasteiger charge is 2.21. The van der Waals surface area contributed by atoms with E-state index in [0.29, 0.717) is 16.9 Å². The Kier molecular flexibility index (Phi) is 6.44. The van der Waals surface area contributed by atoms with Crippen molar-refractivity contribution in [2.24, 2.45) is 5.73 Å². The number of halogens is 1. The Morgan fingerprint density at radius 3 is 2.74 bits per heavy atom. The smallest absolute Gasteiger partial charge is 0.185 e. The van der Waals surface area contributed by atoms with Crippen LogP contribution in [0.3, 0.4) is 0 Å². The van der Waals surface area contributed by atoms with Crippen LogP contribution in [0.1, 0.15) is 30.6 Å². The molecule has 2 atom stereocenters. The number of rotatable bonds is 6. The molecule has 0 aliphatic heterocycles.